The minimum atomic E-state index is -0.846. The number of thiazole rings is 1. The molecule has 2 aromatic carbocycles. The van der Waals surface area contributed by atoms with Gasteiger partial charge < -0.3 is 10.2 Å². The van der Waals surface area contributed by atoms with E-state index >= 15 is 0 Å². The first-order chi connectivity index (χ1) is 13.9. The van der Waals surface area contributed by atoms with Gasteiger partial charge in [0.25, 0.3) is 5.78 Å². The minimum Gasteiger partial charge on any atom is -0.508 e. The number of aliphatic hydroxyl groups excluding tert-OH is 1. The molecule has 0 saturated carbocycles. The Bertz CT molecular complexity index is 1130. The summed E-state index contributed by atoms with van der Waals surface area (Å²) in [6.45, 7) is 3.72. The fraction of sp³-hybridized carbons (Fsp3) is 0.136. The molecule has 2 N–H and O–H groups in total. The molecular weight excluding hydrogens is 388 g/mol. The number of hydrogen-bond donors (Lipinski definition) is 2. The highest BCUT2D eigenvalue weighted by molar-refractivity contribution is 7.14. The molecule has 0 bridgehead atoms. The molecule has 0 aliphatic carbocycles. The number of carbonyl (C=O) groups excluding carboxylic acids is 2. The lowest BCUT2D eigenvalue weighted by atomic mass is 9.93. The number of aromatic nitrogens is 1. The Morgan fingerprint density at radius 1 is 1.10 bits per heavy atom. The number of hydrogen-bond acceptors (Lipinski definition) is 6. The zero-order chi connectivity index (χ0) is 20.7. The highest BCUT2D eigenvalue weighted by atomic mass is 32.1. The monoisotopic (exact) mass is 406 g/mol. The number of aliphatic hydroxyl groups is 1. The molecule has 0 spiro atoms. The van der Waals surface area contributed by atoms with Crippen LogP contribution in [0.5, 0.6) is 5.75 Å². The second-order valence-corrected chi connectivity index (χ2v) is 7.77. The van der Waals surface area contributed by atoms with E-state index in [1.165, 1.54) is 28.4 Å². The van der Waals surface area contributed by atoms with Gasteiger partial charge in [-0.15, -0.1) is 11.3 Å². The number of benzene rings is 2. The summed E-state index contributed by atoms with van der Waals surface area (Å²) in [6.07, 6.45) is 1.55. The molecule has 1 aliphatic heterocycles. The molecule has 0 radical (unpaired) electrons. The first-order valence-electron chi connectivity index (χ1n) is 8.95. The fourth-order valence-corrected chi connectivity index (χ4v) is 4.14. The molecule has 1 aliphatic rings. The van der Waals surface area contributed by atoms with Crippen LogP contribution in [0.4, 0.5) is 5.13 Å². The van der Waals surface area contributed by atoms with Crippen molar-refractivity contribution in [2.75, 3.05) is 4.90 Å². The molecule has 146 valence electrons. The molecule has 6 nitrogen and oxygen atoms in total. The van der Waals surface area contributed by atoms with Gasteiger partial charge in [-0.05, 0) is 43.2 Å². The zero-order valence-electron chi connectivity index (χ0n) is 15.8. The van der Waals surface area contributed by atoms with Gasteiger partial charge in [-0.25, -0.2) is 4.98 Å². The smallest absolute Gasteiger partial charge is 0.301 e. The van der Waals surface area contributed by atoms with Gasteiger partial charge in [0, 0.05) is 17.1 Å². The van der Waals surface area contributed by atoms with Crippen molar-refractivity contribution in [3.05, 3.63) is 81.9 Å². The third-order valence-electron chi connectivity index (χ3n) is 4.93. The van der Waals surface area contributed by atoms with Crippen molar-refractivity contribution in [3.8, 4) is 5.75 Å². The third kappa shape index (κ3) is 3.19. The van der Waals surface area contributed by atoms with Crippen LogP contribution in [0.25, 0.3) is 5.76 Å². The number of Topliss-reactive ketones (excluding diaryl/α,β-unsaturated/α-hetero) is 1. The van der Waals surface area contributed by atoms with Crippen LogP contribution >= 0.6 is 11.3 Å². The number of ketones is 1. The average molecular weight is 406 g/mol. The average Bonchev–Trinajstić information content (AvgIpc) is 3.31. The van der Waals surface area contributed by atoms with Crippen LogP contribution in [0.3, 0.4) is 0 Å². The van der Waals surface area contributed by atoms with Gasteiger partial charge in [-0.3, -0.25) is 14.5 Å². The maximum Gasteiger partial charge on any atom is 0.301 e. The highest BCUT2D eigenvalue weighted by Crippen LogP contribution is 2.43. The van der Waals surface area contributed by atoms with Gasteiger partial charge in [0.2, 0.25) is 0 Å². The van der Waals surface area contributed by atoms with Crippen LogP contribution in [-0.2, 0) is 9.59 Å². The summed E-state index contributed by atoms with van der Waals surface area (Å²) >= 11 is 1.23. The molecule has 1 amide bonds. The number of rotatable bonds is 3. The number of aryl methyl sites for hydroxylation is 2. The van der Waals surface area contributed by atoms with Crippen molar-refractivity contribution in [1.29, 1.82) is 0 Å². The SMILES string of the molecule is Cc1ccc(C)c(C(O)=C2C(=O)C(=O)N(c3nccs3)C2c2ccc(O)cc2)c1. The summed E-state index contributed by atoms with van der Waals surface area (Å²) < 4.78 is 0. The lowest BCUT2D eigenvalue weighted by Crippen LogP contribution is -2.29. The quantitative estimate of drug-likeness (QED) is 0.388. The van der Waals surface area contributed by atoms with E-state index in [0.29, 0.717) is 16.3 Å². The Labute approximate surface area is 171 Å². The fourth-order valence-electron chi connectivity index (χ4n) is 3.47. The lowest BCUT2D eigenvalue weighted by Gasteiger charge is -2.23. The summed E-state index contributed by atoms with van der Waals surface area (Å²) in [5.74, 6) is -1.67. The van der Waals surface area contributed by atoms with Crippen LogP contribution in [0, 0.1) is 13.8 Å². The van der Waals surface area contributed by atoms with Gasteiger partial charge in [0.05, 0.1) is 11.6 Å². The third-order valence-corrected chi connectivity index (χ3v) is 5.70. The van der Waals surface area contributed by atoms with E-state index < -0.39 is 17.7 Å². The first-order valence-corrected chi connectivity index (χ1v) is 9.83. The second-order valence-electron chi connectivity index (χ2n) is 6.89. The number of anilines is 1. The van der Waals surface area contributed by atoms with Gasteiger partial charge >= 0.3 is 5.91 Å². The van der Waals surface area contributed by atoms with Crippen molar-refractivity contribution < 1.29 is 19.8 Å². The molecule has 29 heavy (non-hydrogen) atoms. The van der Waals surface area contributed by atoms with Crippen molar-refractivity contribution >= 4 is 33.9 Å². The highest BCUT2D eigenvalue weighted by Gasteiger charge is 2.48. The van der Waals surface area contributed by atoms with Crippen LogP contribution in [-0.4, -0.2) is 26.9 Å². The molecule has 1 unspecified atom stereocenters. The summed E-state index contributed by atoms with van der Waals surface area (Å²) in [7, 11) is 0. The second kappa shape index (κ2) is 7.18. The normalized spacial score (nSPS) is 18.4. The van der Waals surface area contributed by atoms with E-state index in [0.717, 1.165) is 11.1 Å². The maximum atomic E-state index is 13.0. The Morgan fingerprint density at radius 2 is 1.83 bits per heavy atom. The number of aromatic hydroxyl groups is 1. The zero-order valence-corrected chi connectivity index (χ0v) is 16.6. The van der Waals surface area contributed by atoms with Crippen LogP contribution in [0.2, 0.25) is 0 Å². The van der Waals surface area contributed by atoms with E-state index in [1.54, 1.807) is 29.8 Å². The molecule has 1 aromatic heterocycles. The number of phenolic OH excluding ortho intramolecular Hbond substituents is 1. The Kier molecular flexibility index (Phi) is 4.68. The summed E-state index contributed by atoms with van der Waals surface area (Å²) in [5.41, 5.74) is 2.81. The molecule has 3 aromatic rings. The number of nitrogens with zero attached hydrogens (tertiary/aromatic N) is 2. The molecule has 7 heteroatoms. The topological polar surface area (TPSA) is 90.7 Å². The minimum absolute atomic E-state index is 0.00425. The van der Waals surface area contributed by atoms with Crippen molar-refractivity contribution in [3.63, 3.8) is 0 Å². The van der Waals surface area contributed by atoms with Crippen molar-refractivity contribution in [1.82, 2.24) is 4.98 Å². The van der Waals surface area contributed by atoms with Crippen molar-refractivity contribution in [2.45, 2.75) is 19.9 Å². The van der Waals surface area contributed by atoms with Crippen molar-refractivity contribution in [2.24, 2.45) is 0 Å². The van der Waals surface area contributed by atoms with Crippen LogP contribution in [0.1, 0.15) is 28.3 Å². The molecule has 2 heterocycles. The largest absolute Gasteiger partial charge is 0.508 e. The van der Waals surface area contributed by atoms with E-state index in [9.17, 15) is 19.8 Å². The van der Waals surface area contributed by atoms with Crippen LogP contribution < -0.4 is 4.90 Å². The molecule has 4 rings (SSSR count). The Hall–Kier alpha value is -3.45. The molecule has 1 saturated heterocycles. The Morgan fingerprint density at radius 3 is 2.48 bits per heavy atom. The number of amides is 1. The molecule has 1 atom stereocenters. The number of phenols is 1. The first kappa shape index (κ1) is 18.9. The van der Waals surface area contributed by atoms with E-state index in [2.05, 4.69) is 4.98 Å². The summed E-state index contributed by atoms with van der Waals surface area (Å²) in [6, 6.07) is 10.9. The van der Waals surface area contributed by atoms with Gasteiger partial charge in [-0.2, -0.15) is 0 Å². The predicted molar refractivity (Wildman–Crippen MR) is 111 cm³/mol. The lowest BCUT2D eigenvalue weighted by molar-refractivity contribution is -0.132. The van der Waals surface area contributed by atoms with E-state index in [1.807, 2.05) is 26.0 Å². The summed E-state index contributed by atoms with van der Waals surface area (Å²) in [5, 5.41) is 22.9. The predicted octanol–water partition coefficient (Wildman–Crippen LogP) is 4.09. The summed E-state index contributed by atoms with van der Waals surface area (Å²) in [4.78, 5) is 31.4. The van der Waals surface area contributed by atoms with Gasteiger partial charge in [-0.1, -0.05) is 29.8 Å². The Balaban J connectivity index is 1.97. The maximum absolute atomic E-state index is 13.0. The number of carbonyl (C=O) groups is 2. The standard InChI is InChI=1S/C22H18N2O4S/c1-12-3-4-13(2)16(11-12)19(26)17-18(14-5-7-15(25)8-6-14)24(21(28)20(17)27)22-23-9-10-29-22/h3-11,18,25-26H,1-2H3. The molecule has 1 fully saturated rings. The van der Waals surface area contributed by atoms with Crippen LogP contribution in [0.15, 0.2) is 59.6 Å². The molecular formula is C22H18N2O4S. The van der Waals surface area contributed by atoms with Gasteiger partial charge in [0.1, 0.15) is 11.5 Å². The van der Waals surface area contributed by atoms with Gasteiger partial charge in [0.15, 0.2) is 5.13 Å². The van der Waals surface area contributed by atoms with E-state index in [-0.39, 0.29) is 17.1 Å². The van der Waals surface area contributed by atoms with E-state index in [4.69, 9.17) is 0 Å².